The lowest BCUT2D eigenvalue weighted by Gasteiger charge is -2.06. The van der Waals surface area contributed by atoms with Crippen molar-refractivity contribution in [2.75, 3.05) is 18.4 Å². The van der Waals surface area contributed by atoms with E-state index in [0.717, 1.165) is 0 Å². The first kappa shape index (κ1) is 15.5. The van der Waals surface area contributed by atoms with Crippen molar-refractivity contribution in [2.45, 2.75) is 0 Å². The summed E-state index contributed by atoms with van der Waals surface area (Å²) >= 11 is 0. The van der Waals surface area contributed by atoms with Crippen molar-refractivity contribution in [1.82, 2.24) is 25.3 Å². The zero-order chi connectivity index (χ0) is 16.6. The zero-order valence-electron chi connectivity index (χ0n) is 12.8. The molecule has 3 rings (SSSR count). The van der Waals surface area contributed by atoms with Gasteiger partial charge in [-0.05, 0) is 36.4 Å². The van der Waals surface area contributed by atoms with Crippen molar-refractivity contribution in [3.8, 4) is 5.82 Å². The molecule has 0 aromatic carbocycles. The number of hydrogen-bond donors (Lipinski definition) is 2. The average Bonchev–Trinajstić information content (AvgIpc) is 3.31. The van der Waals surface area contributed by atoms with E-state index in [1.54, 1.807) is 41.5 Å². The second-order valence-corrected chi connectivity index (χ2v) is 4.79. The number of carbonyl (C=O) groups is 1. The van der Waals surface area contributed by atoms with Crippen LogP contribution in [0.3, 0.4) is 0 Å². The smallest absolute Gasteiger partial charge is 0.244 e. The molecule has 0 spiro atoms. The lowest BCUT2D eigenvalue weighted by molar-refractivity contribution is -0.116. The van der Waals surface area contributed by atoms with Crippen LogP contribution in [0, 0.1) is 0 Å². The highest BCUT2D eigenvalue weighted by atomic mass is 16.3. The van der Waals surface area contributed by atoms with Gasteiger partial charge in [0.05, 0.1) is 6.26 Å². The van der Waals surface area contributed by atoms with Gasteiger partial charge in [0, 0.05) is 31.6 Å². The summed E-state index contributed by atoms with van der Waals surface area (Å²) in [5.41, 5.74) is 0. The van der Waals surface area contributed by atoms with Gasteiger partial charge < -0.3 is 15.1 Å². The summed E-state index contributed by atoms with van der Waals surface area (Å²) in [5.74, 6) is 1.72. The fourth-order valence-corrected chi connectivity index (χ4v) is 1.93. The molecule has 8 nitrogen and oxygen atoms in total. The van der Waals surface area contributed by atoms with Crippen LogP contribution < -0.4 is 10.6 Å². The van der Waals surface area contributed by atoms with Gasteiger partial charge in [-0.2, -0.15) is 5.10 Å². The Labute approximate surface area is 138 Å². The van der Waals surface area contributed by atoms with Crippen LogP contribution in [0.5, 0.6) is 0 Å². The molecule has 3 aromatic heterocycles. The molecule has 0 saturated heterocycles. The molecule has 0 saturated carbocycles. The van der Waals surface area contributed by atoms with Crippen molar-refractivity contribution in [1.29, 1.82) is 0 Å². The van der Waals surface area contributed by atoms with Crippen LogP contribution >= 0.6 is 0 Å². The molecule has 1 amide bonds. The number of nitrogens with one attached hydrogen (secondary N) is 2. The third-order valence-corrected chi connectivity index (χ3v) is 3.06. The summed E-state index contributed by atoms with van der Waals surface area (Å²) < 4.78 is 6.73. The van der Waals surface area contributed by atoms with Gasteiger partial charge in [-0.25, -0.2) is 4.68 Å². The molecule has 0 fully saturated rings. The molecular weight excluding hydrogens is 308 g/mol. The SMILES string of the molecule is O=C(/C=C/c1ccco1)NCCNc1ccc(-n2cccn2)nn1. The monoisotopic (exact) mass is 324 g/mol. The molecule has 0 unspecified atom stereocenters. The predicted molar refractivity (Wildman–Crippen MR) is 88.4 cm³/mol. The highest BCUT2D eigenvalue weighted by Gasteiger charge is 2.00. The van der Waals surface area contributed by atoms with Gasteiger partial charge in [0.1, 0.15) is 11.6 Å². The molecule has 0 aliphatic rings. The third-order valence-electron chi connectivity index (χ3n) is 3.06. The molecule has 0 aliphatic carbocycles. The summed E-state index contributed by atoms with van der Waals surface area (Å²) in [4.78, 5) is 11.6. The highest BCUT2D eigenvalue weighted by molar-refractivity contribution is 5.91. The molecule has 3 heterocycles. The Morgan fingerprint density at radius 2 is 2.17 bits per heavy atom. The van der Waals surface area contributed by atoms with Gasteiger partial charge in [-0.3, -0.25) is 4.79 Å². The minimum absolute atomic E-state index is 0.187. The molecule has 0 radical (unpaired) electrons. The zero-order valence-corrected chi connectivity index (χ0v) is 12.8. The molecule has 8 heteroatoms. The van der Waals surface area contributed by atoms with Crippen LogP contribution in [0.15, 0.2) is 59.5 Å². The maximum absolute atomic E-state index is 11.6. The average molecular weight is 324 g/mol. The first-order valence-corrected chi connectivity index (χ1v) is 7.38. The van der Waals surface area contributed by atoms with Crippen LogP contribution in [0.1, 0.15) is 5.76 Å². The van der Waals surface area contributed by atoms with E-state index in [1.165, 1.54) is 6.08 Å². The van der Waals surface area contributed by atoms with Crippen molar-refractivity contribution in [3.05, 3.63) is 60.8 Å². The van der Waals surface area contributed by atoms with Gasteiger partial charge in [0.15, 0.2) is 5.82 Å². The van der Waals surface area contributed by atoms with Crippen molar-refractivity contribution in [2.24, 2.45) is 0 Å². The maximum Gasteiger partial charge on any atom is 0.244 e. The Balaban J connectivity index is 1.39. The first-order valence-electron chi connectivity index (χ1n) is 7.38. The van der Waals surface area contributed by atoms with Gasteiger partial charge in [-0.1, -0.05) is 0 Å². The van der Waals surface area contributed by atoms with Crippen LogP contribution in [0.4, 0.5) is 5.82 Å². The van der Waals surface area contributed by atoms with Crippen molar-refractivity contribution in [3.63, 3.8) is 0 Å². The minimum atomic E-state index is -0.187. The van der Waals surface area contributed by atoms with E-state index in [1.807, 2.05) is 18.2 Å². The lowest BCUT2D eigenvalue weighted by Crippen LogP contribution is -2.27. The Kier molecular flexibility index (Phi) is 4.98. The molecule has 0 bridgehead atoms. The van der Waals surface area contributed by atoms with Gasteiger partial charge in [0.25, 0.3) is 0 Å². The van der Waals surface area contributed by atoms with E-state index in [-0.39, 0.29) is 5.91 Å². The van der Waals surface area contributed by atoms with Gasteiger partial charge in [0.2, 0.25) is 5.91 Å². The van der Waals surface area contributed by atoms with Crippen molar-refractivity contribution < 1.29 is 9.21 Å². The molecule has 0 aliphatic heterocycles. The van der Waals surface area contributed by atoms with Crippen LogP contribution in [0.25, 0.3) is 11.9 Å². The van der Waals surface area contributed by atoms with E-state index >= 15 is 0 Å². The van der Waals surface area contributed by atoms with E-state index < -0.39 is 0 Å². The number of nitrogens with zero attached hydrogens (tertiary/aromatic N) is 4. The number of aromatic nitrogens is 4. The Bertz CT molecular complexity index is 779. The second kappa shape index (κ2) is 7.73. The van der Waals surface area contributed by atoms with Crippen LogP contribution in [-0.2, 0) is 4.79 Å². The number of amides is 1. The fraction of sp³-hybridized carbons (Fsp3) is 0.125. The van der Waals surface area contributed by atoms with Crippen LogP contribution in [0.2, 0.25) is 0 Å². The number of anilines is 1. The molecule has 0 atom stereocenters. The van der Waals surface area contributed by atoms with Gasteiger partial charge >= 0.3 is 0 Å². The normalized spacial score (nSPS) is 10.8. The third kappa shape index (κ3) is 4.29. The molecule has 2 N–H and O–H groups in total. The molecule has 122 valence electrons. The largest absolute Gasteiger partial charge is 0.465 e. The van der Waals surface area contributed by atoms with Crippen LogP contribution in [-0.4, -0.2) is 39.0 Å². The van der Waals surface area contributed by atoms with E-state index in [2.05, 4.69) is 25.9 Å². The molecule has 24 heavy (non-hydrogen) atoms. The summed E-state index contributed by atoms with van der Waals surface area (Å²) in [6.07, 6.45) is 8.07. The predicted octanol–water partition coefficient (Wildman–Crippen LogP) is 1.50. The number of rotatable bonds is 7. The maximum atomic E-state index is 11.6. The minimum Gasteiger partial charge on any atom is -0.465 e. The number of hydrogen-bond acceptors (Lipinski definition) is 6. The first-order chi connectivity index (χ1) is 11.8. The van der Waals surface area contributed by atoms with E-state index in [0.29, 0.717) is 30.5 Å². The summed E-state index contributed by atoms with van der Waals surface area (Å²) in [7, 11) is 0. The van der Waals surface area contributed by atoms with Crippen molar-refractivity contribution >= 4 is 17.8 Å². The molecule has 3 aromatic rings. The summed E-state index contributed by atoms with van der Waals surface area (Å²) in [6.45, 7) is 1.00. The fourth-order valence-electron chi connectivity index (χ4n) is 1.93. The number of furan rings is 1. The quantitative estimate of drug-likeness (QED) is 0.505. The molecular formula is C16H16N6O2. The second-order valence-electron chi connectivity index (χ2n) is 4.79. The highest BCUT2D eigenvalue weighted by Crippen LogP contribution is 2.05. The summed E-state index contributed by atoms with van der Waals surface area (Å²) in [6, 6.07) is 8.98. The topological polar surface area (TPSA) is 97.9 Å². The lowest BCUT2D eigenvalue weighted by atomic mass is 10.4. The van der Waals surface area contributed by atoms with E-state index in [4.69, 9.17) is 4.42 Å². The summed E-state index contributed by atoms with van der Waals surface area (Å²) in [5, 5.41) is 18.1. The Morgan fingerprint density at radius 3 is 2.88 bits per heavy atom. The van der Waals surface area contributed by atoms with Gasteiger partial charge in [-0.15, -0.1) is 10.2 Å². The number of carbonyl (C=O) groups excluding carboxylic acids is 1. The van der Waals surface area contributed by atoms with E-state index in [9.17, 15) is 4.79 Å². The Morgan fingerprint density at radius 1 is 1.21 bits per heavy atom. The Hall–Kier alpha value is -3.42. The standard InChI is InChI=1S/C16H16N6O2/c23-16(7-4-13-3-1-12-24-13)18-10-9-17-14-5-6-15(21-20-14)22-11-2-8-19-22/h1-8,11-12H,9-10H2,(H,17,20)(H,18,23)/b7-4+.